The number of hydrogen-bond acceptors (Lipinski definition) is 3. The van der Waals surface area contributed by atoms with Crippen LogP contribution < -0.4 is 14.8 Å². The Kier molecular flexibility index (Phi) is 5.67. The minimum Gasteiger partial charge on any atom is -0.307 e. The average Bonchev–Trinajstić information content (AvgIpc) is 3.37. The minimum absolute atomic E-state index is 0.0436. The molecule has 37 heavy (non-hydrogen) atoms. The van der Waals surface area contributed by atoms with Crippen LogP contribution in [0.3, 0.4) is 0 Å². The van der Waals surface area contributed by atoms with Gasteiger partial charge in [-0.25, -0.2) is 4.57 Å². The van der Waals surface area contributed by atoms with Gasteiger partial charge in [-0.2, -0.15) is 13.2 Å². The molecule has 0 atom stereocenters. The Morgan fingerprint density at radius 3 is 2.57 bits per heavy atom. The molecule has 2 aliphatic carbocycles. The second-order valence-electron chi connectivity index (χ2n) is 11.0. The number of carbonyl (C=O) groups is 1. The predicted octanol–water partition coefficient (Wildman–Crippen LogP) is 5.18. The molecule has 0 radical (unpaired) electrons. The van der Waals surface area contributed by atoms with Gasteiger partial charge in [0.25, 0.3) is 12.2 Å². The van der Waals surface area contributed by atoms with E-state index in [0.29, 0.717) is 23.7 Å². The molecule has 1 N–H and O–H groups in total. The highest BCUT2D eigenvalue weighted by Gasteiger charge is 2.42. The number of fused-ring (bicyclic) bond motifs is 1. The summed E-state index contributed by atoms with van der Waals surface area (Å²) in [5.74, 6) is -0.0541. The number of nitrogens with one attached hydrogen (secondary N) is 1. The quantitative estimate of drug-likeness (QED) is 0.466. The average molecular weight is 511 g/mol. The van der Waals surface area contributed by atoms with Crippen LogP contribution in [0.2, 0.25) is 0 Å². The zero-order chi connectivity index (χ0) is 25.9. The molecule has 3 aliphatic rings. The van der Waals surface area contributed by atoms with Crippen molar-refractivity contribution in [3.63, 3.8) is 0 Å². The third-order valence-corrected chi connectivity index (χ3v) is 8.34. The lowest BCUT2D eigenvalue weighted by atomic mass is 9.78. The summed E-state index contributed by atoms with van der Waals surface area (Å²) in [7, 11) is 1.86. The van der Waals surface area contributed by atoms with E-state index in [-0.39, 0.29) is 23.2 Å². The van der Waals surface area contributed by atoms with E-state index in [1.54, 1.807) is 17.1 Å². The smallest absolute Gasteiger partial charge is 0.307 e. The number of anilines is 1. The van der Waals surface area contributed by atoms with Crippen LogP contribution in [0.5, 0.6) is 0 Å². The Morgan fingerprint density at radius 2 is 1.97 bits per heavy atom. The van der Waals surface area contributed by atoms with Crippen molar-refractivity contribution in [1.82, 2.24) is 15.1 Å². The van der Waals surface area contributed by atoms with Gasteiger partial charge in [-0.15, -0.1) is 0 Å². The van der Waals surface area contributed by atoms with Crippen molar-refractivity contribution in [2.24, 2.45) is 7.05 Å². The second-order valence-corrected chi connectivity index (χ2v) is 11.0. The molecule has 194 valence electrons. The summed E-state index contributed by atoms with van der Waals surface area (Å²) in [6.07, 6.45) is 5.29. The first-order valence-electron chi connectivity index (χ1n) is 13.0. The van der Waals surface area contributed by atoms with Crippen LogP contribution >= 0.6 is 0 Å². The van der Waals surface area contributed by atoms with E-state index in [4.69, 9.17) is 0 Å². The van der Waals surface area contributed by atoms with Gasteiger partial charge >= 0.3 is 6.18 Å². The number of alkyl halides is 3. The fourth-order valence-electron chi connectivity index (χ4n) is 5.77. The Balaban J connectivity index is 1.42. The molecular formula is C28H31F3N5O+. The van der Waals surface area contributed by atoms with Crippen LogP contribution in [0.4, 0.5) is 18.9 Å². The van der Waals surface area contributed by atoms with Crippen LogP contribution in [-0.2, 0) is 26.3 Å². The van der Waals surface area contributed by atoms with Gasteiger partial charge in [-0.1, -0.05) is 23.2 Å². The zero-order valence-electron chi connectivity index (χ0n) is 21.1. The number of para-hydroxylation sites is 1. The Morgan fingerprint density at radius 1 is 1.19 bits per heavy atom. The van der Waals surface area contributed by atoms with Crippen LogP contribution in [0.15, 0.2) is 43.0 Å². The summed E-state index contributed by atoms with van der Waals surface area (Å²) < 4.78 is 46.2. The summed E-state index contributed by atoms with van der Waals surface area (Å²) >= 11 is 0. The molecule has 2 aromatic carbocycles. The number of amides is 1. The van der Waals surface area contributed by atoms with Crippen LogP contribution in [0.25, 0.3) is 5.69 Å². The van der Waals surface area contributed by atoms with Crippen molar-refractivity contribution in [3.8, 4) is 5.69 Å². The molecule has 3 aromatic rings. The standard InChI is InChI=1S/C28H31F3N5O/c1-27(10-5-11-27)32-14-18-12-21-22(23(13-18)28(29,30)31)15-35(26(21)37)24-9-4-8-20(19-6-3-7-19)25(24)36-17-34(2)16-33-36/h4,8-9,12-13,16-17,19,32H,3,5-7,10-11,14-15H2,1-2H3/q+1. The number of aromatic nitrogens is 3. The van der Waals surface area contributed by atoms with E-state index in [1.165, 1.54) is 11.0 Å². The molecule has 0 bridgehead atoms. The normalized spacial score (nSPS) is 19.1. The molecule has 1 aliphatic heterocycles. The van der Waals surface area contributed by atoms with Crippen molar-refractivity contribution in [1.29, 1.82) is 0 Å². The largest absolute Gasteiger partial charge is 0.416 e. The van der Waals surface area contributed by atoms with Gasteiger partial charge in [-0.05, 0) is 74.3 Å². The number of nitrogens with zero attached hydrogens (tertiary/aromatic N) is 4. The van der Waals surface area contributed by atoms with Crippen LogP contribution in [-0.4, -0.2) is 21.2 Å². The van der Waals surface area contributed by atoms with E-state index in [9.17, 15) is 18.0 Å². The van der Waals surface area contributed by atoms with E-state index < -0.39 is 17.6 Å². The number of carbonyl (C=O) groups excluding carboxylic acids is 1. The van der Waals surface area contributed by atoms with Gasteiger partial charge in [0, 0.05) is 28.3 Å². The highest BCUT2D eigenvalue weighted by molar-refractivity contribution is 6.11. The van der Waals surface area contributed by atoms with Crippen molar-refractivity contribution in [2.75, 3.05) is 4.90 Å². The highest BCUT2D eigenvalue weighted by atomic mass is 19.4. The minimum atomic E-state index is -4.55. The molecule has 1 aromatic heterocycles. The number of halogens is 3. The first-order valence-corrected chi connectivity index (χ1v) is 13.0. The third-order valence-electron chi connectivity index (χ3n) is 8.34. The Labute approximate surface area is 214 Å². The van der Waals surface area contributed by atoms with E-state index in [1.807, 2.05) is 36.1 Å². The fraction of sp³-hybridized carbons (Fsp3) is 0.464. The highest BCUT2D eigenvalue weighted by Crippen LogP contribution is 2.45. The molecular weight excluding hydrogens is 479 g/mol. The maximum Gasteiger partial charge on any atom is 0.416 e. The predicted molar refractivity (Wildman–Crippen MR) is 132 cm³/mol. The molecule has 1 amide bonds. The Hall–Kier alpha value is -3.20. The SMILES string of the molecule is C[n+]1cnn(-c2c(C3CCC3)cccc2N2Cc3c(cc(CNC4(C)CCC4)cc3C(F)(F)F)C2=O)c1. The third kappa shape index (κ3) is 4.23. The summed E-state index contributed by atoms with van der Waals surface area (Å²) in [5.41, 5.74) is 2.32. The van der Waals surface area contributed by atoms with E-state index in [0.717, 1.165) is 49.8 Å². The molecule has 6 rings (SSSR count). The molecule has 2 fully saturated rings. The Bertz CT molecular complexity index is 1370. The summed E-state index contributed by atoms with van der Waals surface area (Å²) in [6, 6.07) is 8.61. The molecule has 9 heteroatoms. The van der Waals surface area contributed by atoms with E-state index >= 15 is 0 Å². The van der Waals surface area contributed by atoms with Crippen molar-refractivity contribution in [2.45, 2.75) is 76.2 Å². The number of benzene rings is 2. The summed E-state index contributed by atoms with van der Waals surface area (Å²) in [5, 5.41) is 7.88. The van der Waals surface area contributed by atoms with Crippen LogP contribution in [0, 0.1) is 0 Å². The van der Waals surface area contributed by atoms with Gasteiger partial charge in [0.2, 0.25) is 6.33 Å². The number of hydrogen-bond donors (Lipinski definition) is 1. The van der Waals surface area contributed by atoms with E-state index in [2.05, 4.69) is 17.3 Å². The zero-order valence-corrected chi connectivity index (χ0v) is 21.1. The number of aryl methyl sites for hydroxylation is 1. The van der Waals surface area contributed by atoms with Crippen molar-refractivity contribution < 1.29 is 22.5 Å². The summed E-state index contributed by atoms with van der Waals surface area (Å²) in [4.78, 5) is 15.2. The van der Waals surface area contributed by atoms with Crippen molar-refractivity contribution >= 4 is 11.6 Å². The maximum atomic E-state index is 14.2. The lowest BCUT2D eigenvalue weighted by Gasteiger charge is -2.39. The first-order chi connectivity index (χ1) is 17.6. The molecule has 2 heterocycles. The van der Waals surface area contributed by atoms with Gasteiger partial charge < -0.3 is 10.2 Å². The van der Waals surface area contributed by atoms with Crippen LogP contribution in [0.1, 0.15) is 84.0 Å². The van der Waals surface area contributed by atoms with Gasteiger partial charge in [-0.3, -0.25) is 4.79 Å². The topological polar surface area (TPSA) is 54.0 Å². The van der Waals surface area contributed by atoms with Gasteiger partial charge in [0.15, 0.2) is 5.69 Å². The lowest BCUT2D eigenvalue weighted by Crippen LogP contribution is -2.47. The first kappa shape index (κ1) is 24.2. The molecule has 0 unspecified atom stereocenters. The number of rotatable bonds is 6. The molecule has 2 saturated carbocycles. The van der Waals surface area contributed by atoms with Gasteiger partial charge in [0.05, 0.1) is 24.8 Å². The second kappa shape index (κ2) is 8.68. The molecule has 0 saturated heterocycles. The lowest BCUT2D eigenvalue weighted by molar-refractivity contribution is -0.672. The monoisotopic (exact) mass is 510 g/mol. The fourth-order valence-corrected chi connectivity index (χ4v) is 5.77. The molecule has 6 nitrogen and oxygen atoms in total. The van der Waals surface area contributed by atoms with Crippen molar-refractivity contribution in [3.05, 3.63) is 70.8 Å². The molecule has 0 spiro atoms. The maximum absolute atomic E-state index is 14.2. The summed E-state index contributed by atoms with van der Waals surface area (Å²) in [6.45, 7) is 2.27. The van der Waals surface area contributed by atoms with Gasteiger partial charge in [0.1, 0.15) is 0 Å².